The monoisotopic (exact) mass is 289 g/mol. The third kappa shape index (κ3) is 12.0. The Morgan fingerprint density at radius 1 is 0.875 bits per heavy atom. The molecule has 0 fully saturated rings. The third-order valence-electron chi connectivity index (χ3n) is 2.60. The van der Waals surface area contributed by atoms with Gasteiger partial charge in [-0.25, -0.2) is 0 Å². The second-order valence-electron chi connectivity index (χ2n) is 4.10. The quantitative estimate of drug-likeness (QED) is 0.397. The van der Waals surface area contributed by atoms with Crippen LogP contribution in [0.15, 0.2) is 25.3 Å². The van der Waals surface area contributed by atoms with Gasteiger partial charge in [-0.15, -0.1) is 30.1 Å². The van der Waals surface area contributed by atoms with E-state index in [-0.39, 0.29) is 17.0 Å². The van der Waals surface area contributed by atoms with E-state index in [9.17, 15) is 0 Å². The van der Waals surface area contributed by atoms with Crippen molar-refractivity contribution in [2.45, 2.75) is 45.4 Å². The maximum absolute atomic E-state index is 3.78. The molecule has 0 bridgehead atoms. The number of hydrogen-bond donors (Lipinski definition) is 0. The summed E-state index contributed by atoms with van der Waals surface area (Å²) in [7, 11) is 0. The van der Waals surface area contributed by atoms with E-state index >= 15 is 0 Å². The molecule has 0 unspecified atom stereocenters. The largest absolute Gasteiger partial charge is 0.296 e. The first-order chi connectivity index (χ1) is 7.35. The van der Waals surface area contributed by atoms with Gasteiger partial charge in [-0.05, 0) is 13.0 Å². The molecule has 0 atom stereocenters. The van der Waals surface area contributed by atoms with Gasteiger partial charge in [0.15, 0.2) is 0 Å². The van der Waals surface area contributed by atoms with Crippen LogP contribution in [0.1, 0.15) is 45.4 Å². The van der Waals surface area contributed by atoms with Gasteiger partial charge in [0.2, 0.25) is 0 Å². The van der Waals surface area contributed by atoms with Crippen molar-refractivity contribution in [3.05, 3.63) is 25.3 Å². The maximum atomic E-state index is 3.78. The summed E-state index contributed by atoms with van der Waals surface area (Å²) in [6, 6.07) is 0. The maximum Gasteiger partial charge on any atom is 0.0163 e. The molecule has 0 aromatic rings. The van der Waals surface area contributed by atoms with Crippen molar-refractivity contribution >= 4 is 17.0 Å². The zero-order valence-electron chi connectivity index (χ0n) is 10.8. The van der Waals surface area contributed by atoms with Crippen molar-refractivity contribution in [2.75, 3.05) is 19.6 Å². The fraction of sp³-hybridized carbons (Fsp3) is 0.714. The standard InChI is InChI=1S/C14H27N.BrH/c1-4-7-8-9-10-11-14-15(12-5-2)13-6-3;/h5-6H,2-4,7-14H2,1H3;1H. The van der Waals surface area contributed by atoms with Crippen LogP contribution in [-0.4, -0.2) is 24.5 Å². The minimum atomic E-state index is 0. The first-order valence-electron chi connectivity index (χ1n) is 6.29. The van der Waals surface area contributed by atoms with Crippen molar-refractivity contribution in [2.24, 2.45) is 0 Å². The average Bonchev–Trinajstić information content (AvgIpc) is 2.24. The number of nitrogens with zero attached hydrogens (tertiary/aromatic N) is 1. The molecule has 0 amide bonds. The zero-order chi connectivity index (χ0) is 11.4. The molecule has 2 heteroatoms. The van der Waals surface area contributed by atoms with Gasteiger partial charge in [-0.1, -0.05) is 51.2 Å². The molecular formula is C14H28BrN. The van der Waals surface area contributed by atoms with E-state index < -0.39 is 0 Å². The lowest BCUT2D eigenvalue weighted by molar-refractivity contribution is 0.324. The molecule has 0 aromatic heterocycles. The van der Waals surface area contributed by atoms with Crippen molar-refractivity contribution < 1.29 is 0 Å². The van der Waals surface area contributed by atoms with Crippen LogP contribution in [0.5, 0.6) is 0 Å². The van der Waals surface area contributed by atoms with Gasteiger partial charge < -0.3 is 0 Å². The summed E-state index contributed by atoms with van der Waals surface area (Å²) >= 11 is 0. The summed E-state index contributed by atoms with van der Waals surface area (Å²) in [6.45, 7) is 13.0. The third-order valence-corrected chi connectivity index (χ3v) is 2.60. The fourth-order valence-electron chi connectivity index (χ4n) is 1.74. The molecule has 0 rings (SSSR count). The van der Waals surface area contributed by atoms with Gasteiger partial charge in [-0.2, -0.15) is 0 Å². The van der Waals surface area contributed by atoms with Crippen molar-refractivity contribution in [3.63, 3.8) is 0 Å². The van der Waals surface area contributed by atoms with E-state index in [2.05, 4.69) is 25.0 Å². The first kappa shape index (κ1) is 18.3. The molecule has 0 radical (unpaired) electrons. The van der Waals surface area contributed by atoms with Gasteiger partial charge in [0, 0.05) is 13.1 Å². The van der Waals surface area contributed by atoms with Gasteiger partial charge in [0.05, 0.1) is 0 Å². The summed E-state index contributed by atoms with van der Waals surface area (Å²) in [4.78, 5) is 2.39. The lowest BCUT2D eigenvalue weighted by Crippen LogP contribution is -2.24. The van der Waals surface area contributed by atoms with E-state index in [1.165, 1.54) is 45.1 Å². The van der Waals surface area contributed by atoms with Crippen LogP contribution in [-0.2, 0) is 0 Å². The van der Waals surface area contributed by atoms with Crippen LogP contribution in [0.2, 0.25) is 0 Å². The molecule has 0 aliphatic heterocycles. The van der Waals surface area contributed by atoms with Gasteiger partial charge >= 0.3 is 0 Å². The van der Waals surface area contributed by atoms with E-state index in [1.54, 1.807) is 0 Å². The smallest absolute Gasteiger partial charge is 0.0163 e. The highest BCUT2D eigenvalue weighted by Gasteiger charge is 1.99. The van der Waals surface area contributed by atoms with Crippen LogP contribution in [0.4, 0.5) is 0 Å². The highest BCUT2D eigenvalue weighted by atomic mass is 79.9. The molecule has 0 heterocycles. The van der Waals surface area contributed by atoms with Gasteiger partial charge in [0.25, 0.3) is 0 Å². The Kier molecular flexibility index (Phi) is 17.1. The SMILES string of the molecule is Br.C=CCN(CC=C)CCCCCCCC. The fourth-order valence-corrected chi connectivity index (χ4v) is 1.74. The number of unbranched alkanes of at least 4 members (excludes halogenated alkanes) is 5. The Bertz CT molecular complexity index is 147. The predicted molar refractivity (Wildman–Crippen MR) is 80.5 cm³/mol. The summed E-state index contributed by atoms with van der Waals surface area (Å²) in [5, 5.41) is 0. The Morgan fingerprint density at radius 3 is 1.88 bits per heavy atom. The van der Waals surface area contributed by atoms with Crippen molar-refractivity contribution in [1.82, 2.24) is 4.90 Å². The molecule has 1 nitrogen and oxygen atoms in total. The zero-order valence-corrected chi connectivity index (χ0v) is 12.5. The number of halogens is 1. The predicted octanol–water partition coefficient (Wildman–Crippen LogP) is 4.60. The van der Waals surface area contributed by atoms with E-state index in [4.69, 9.17) is 0 Å². The van der Waals surface area contributed by atoms with Crippen LogP contribution in [0, 0.1) is 0 Å². The second-order valence-corrected chi connectivity index (χ2v) is 4.10. The molecule has 0 saturated heterocycles. The Labute approximate surface area is 112 Å². The minimum absolute atomic E-state index is 0. The lowest BCUT2D eigenvalue weighted by Gasteiger charge is -2.18. The summed E-state index contributed by atoms with van der Waals surface area (Å²) in [5.74, 6) is 0. The molecular weight excluding hydrogens is 262 g/mol. The normalized spacial score (nSPS) is 9.88. The molecule has 0 N–H and O–H groups in total. The Balaban J connectivity index is 0. The number of hydrogen-bond acceptors (Lipinski definition) is 1. The lowest BCUT2D eigenvalue weighted by atomic mass is 10.1. The van der Waals surface area contributed by atoms with E-state index in [0.717, 1.165) is 13.1 Å². The summed E-state index contributed by atoms with van der Waals surface area (Å²) in [5.41, 5.74) is 0. The highest BCUT2D eigenvalue weighted by Crippen LogP contribution is 2.05. The summed E-state index contributed by atoms with van der Waals surface area (Å²) in [6.07, 6.45) is 12.1. The summed E-state index contributed by atoms with van der Waals surface area (Å²) < 4.78 is 0. The second kappa shape index (κ2) is 14.9. The molecule has 0 aliphatic carbocycles. The van der Waals surface area contributed by atoms with Crippen LogP contribution in [0.25, 0.3) is 0 Å². The van der Waals surface area contributed by atoms with Gasteiger partial charge in [0.1, 0.15) is 0 Å². The van der Waals surface area contributed by atoms with Crippen LogP contribution < -0.4 is 0 Å². The molecule has 0 aromatic carbocycles. The topological polar surface area (TPSA) is 3.24 Å². The highest BCUT2D eigenvalue weighted by molar-refractivity contribution is 8.93. The number of rotatable bonds is 11. The van der Waals surface area contributed by atoms with E-state index in [1.807, 2.05) is 12.2 Å². The molecule has 0 aliphatic rings. The first-order valence-corrected chi connectivity index (χ1v) is 6.29. The van der Waals surface area contributed by atoms with Crippen LogP contribution >= 0.6 is 17.0 Å². The van der Waals surface area contributed by atoms with E-state index in [0.29, 0.717) is 0 Å². The molecule has 0 saturated carbocycles. The molecule has 96 valence electrons. The van der Waals surface area contributed by atoms with Crippen LogP contribution in [0.3, 0.4) is 0 Å². The average molecular weight is 290 g/mol. The van der Waals surface area contributed by atoms with Crippen molar-refractivity contribution in [1.29, 1.82) is 0 Å². The van der Waals surface area contributed by atoms with Gasteiger partial charge in [-0.3, -0.25) is 4.90 Å². The minimum Gasteiger partial charge on any atom is -0.296 e. The molecule has 0 spiro atoms. The van der Waals surface area contributed by atoms with Crippen molar-refractivity contribution in [3.8, 4) is 0 Å². The molecule has 16 heavy (non-hydrogen) atoms. The Hall–Kier alpha value is -0.0800. The Morgan fingerprint density at radius 2 is 1.38 bits per heavy atom.